The Balaban J connectivity index is 1.27. The number of hydrogen-bond donors (Lipinski definition) is 0. The lowest BCUT2D eigenvalue weighted by molar-refractivity contribution is -0.137. The SMILES string of the molecule is O=C(C1CCCN1Cc1ccccc1)N1CCC(CCn2cccn2)CC1. The molecule has 2 aliphatic rings. The van der Waals surface area contributed by atoms with Crippen LogP contribution < -0.4 is 0 Å². The lowest BCUT2D eigenvalue weighted by atomic mass is 9.93. The maximum Gasteiger partial charge on any atom is 0.239 e. The van der Waals surface area contributed by atoms with Crippen molar-refractivity contribution in [3.05, 3.63) is 54.4 Å². The van der Waals surface area contributed by atoms with E-state index in [0.717, 1.165) is 64.8 Å². The molecule has 2 aliphatic heterocycles. The molecule has 2 aromatic rings. The third kappa shape index (κ3) is 4.59. The Morgan fingerprint density at radius 1 is 1.04 bits per heavy atom. The van der Waals surface area contributed by atoms with Gasteiger partial charge in [0.2, 0.25) is 5.91 Å². The van der Waals surface area contributed by atoms with Crippen molar-refractivity contribution in [1.82, 2.24) is 19.6 Å². The fraction of sp³-hybridized carbons (Fsp3) is 0.545. The fourth-order valence-corrected chi connectivity index (χ4v) is 4.51. The third-order valence-corrected chi connectivity index (χ3v) is 6.13. The van der Waals surface area contributed by atoms with Crippen LogP contribution in [0.1, 0.15) is 37.7 Å². The van der Waals surface area contributed by atoms with Gasteiger partial charge in [0.1, 0.15) is 0 Å². The van der Waals surface area contributed by atoms with Crippen LogP contribution in [-0.4, -0.2) is 51.2 Å². The van der Waals surface area contributed by atoms with Crippen LogP contribution in [0.2, 0.25) is 0 Å². The number of amides is 1. The van der Waals surface area contributed by atoms with Gasteiger partial charge in [-0.2, -0.15) is 5.10 Å². The summed E-state index contributed by atoms with van der Waals surface area (Å²) in [4.78, 5) is 17.6. The molecule has 2 saturated heterocycles. The van der Waals surface area contributed by atoms with E-state index < -0.39 is 0 Å². The zero-order valence-electron chi connectivity index (χ0n) is 16.0. The summed E-state index contributed by atoms with van der Waals surface area (Å²) >= 11 is 0. The van der Waals surface area contributed by atoms with Crippen molar-refractivity contribution in [2.45, 2.75) is 51.2 Å². The Morgan fingerprint density at radius 2 is 1.85 bits per heavy atom. The molecule has 4 rings (SSSR count). The van der Waals surface area contributed by atoms with Crippen LogP contribution in [0.3, 0.4) is 0 Å². The van der Waals surface area contributed by atoms with Gasteiger partial charge in [0, 0.05) is 38.6 Å². The van der Waals surface area contributed by atoms with Crippen molar-refractivity contribution in [3.63, 3.8) is 0 Å². The first-order valence-corrected chi connectivity index (χ1v) is 10.3. The van der Waals surface area contributed by atoms with E-state index in [2.05, 4.69) is 39.2 Å². The highest BCUT2D eigenvalue weighted by Gasteiger charge is 2.34. The second kappa shape index (κ2) is 8.70. The summed E-state index contributed by atoms with van der Waals surface area (Å²) in [5, 5.41) is 4.29. The van der Waals surface area contributed by atoms with E-state index in [0.29, 0.717) is 11.8 Å². The summed E-state index contributed by atoms with van der Waals surface area (Å²) in [5.74, 6) is 1.07. The van der Waals surface area contributed by atoms with Crippen molar-refractivity contribution in [2.24, 2.45) is 5.92 Å². The maximum atomic E-state index is 13.1. The van der Waals surface area contributed by atoms with E-state index in [-0.39, 0.29) is 6.04 Å². The van der Waals surface area contributed by atoms with Gasteiger partial charge < -0.3 is 4.90 Å². The molecule has 1 unspecified atom stereocenters. The van der Waals surface area contributed by atoms with Gasteiger partial charge in [-0.05, 0) is 56.2 Å². The Hall–Kier alpha value is -2.14. The summed E-state index contributed by atoms with van der Waals surface area (Å²) in [6.07, 6.45) is 9.41. The number of aromatic nitrogens is 2. The largest absolute Gasteiger partial charge is 0.341 e. The van der Waals surface area contributed by atoms with Crippen molar-refractivity contribution in [3.8, 4) is 0 Å². The highest BCUT2D eigenvalue weighted by molar-refractivity contribution is 5.82. The van der Waals surface area contributed by atoms with Crippen molar-refractivity contribution >= 4 is 5.91 Å². The third-order valence-electron chi connectivity index (χ3n) is 6.13. The highest BCUT2D eigenvalue weighted by atomic mass is 16.2. The van der Waals surface area contributed by atoms with Crippen LogP contribution in [0, 0.1) is 5.92 Å². The molecule has 1 aromatic carbocycles. The number of piperidine rings is 1. The van der Waals surface area contributed by atoms with Gasteiger partial charge in [-0.3, -0.25) is 14.4 Å². The van der Waals surface area contributed by atoms with E-state index in [1.807, 2.05) is 29.2 Å². The number of carbonyl (C=O) groups is 1. The molecule has 1 atom stereocenters. The summed E-state index contributed by atoms with van der Waals surface area (Å²) in [6.45, 7) is 4.73. The monoisotopic (exact) mass is 366 g/mol. The molecule has 1 aromatic heterocycles. The van der Waals surface area contributed by atoms with E-state index in [9.17, 15) is 4.79 Å². The van der Waals surface area contributed by atoms with Crippen LogP contribution in [0.5, 0.6) is 0 Å². The molecule has 3 heterocycles. The molecule has 5 heteroatoms. The Morgan fingerprint density at radius 3 is 2.59 bits per heavy atom. The lowest BCUT2D eigenvalue weighted by Crippen LogP contribution is -2.48. The molecule has 5 nitrogen and oxygen atoms in total. The Kier molecular flexibility index (Phi) is 5.87. The summed E-state index contributed by atoms with van der Waals surface area (Å²) < 4.78 is 2.01. The number of carbonyl (C=O) groups excluding carboxylic acids is 1. The second-order valence-corrected chi connectivity index (χ2v) is 7.94. The average molecular weight is 367 g/mol. The molecule has 0 N–H and O–H groups in total. The standard InChI is InChI=1S/C22H30N4O/c27-22(21-8-4-13-25(21)18-20-6-2-1-3-7-20)24-15-9-19(10-16-24)11-17-26-14-5-12-23-26/h1-3,5-7,12,14,19,21H,4,8-11,13,15-18H2. The Bertz CT molecular complexity index is 707. The van der Waals surface area contributed by atoms with E-state index in [1.165, 1.54) is 5.56 Å². The average Bonchev–Trinajstić information content (AvgIpc) is 3.39. The molecule has 0 saturated carbocycles. The number of rotatable bonds is 6. The maximum absolute atomic E-state index is 13.1. The van der Waals surface area contributed by atoms with Gasteiger partial charge in [0.05, 0.1) is 6.04 Å². The van der Waals surface area contributed by atoms with Crippen molar-refractivity contribution in [1.29, 1.82) is 0 Å². The second-order valence-electron chi connectivity index (χ2n) is 7.94. The van der Waals surface area contributed by atoms with Gasteiger partial charge >= 0.3 is 0 Å². The van der Waals surface area contributed by atoms with Gasteiger partial charge in [0.15, 0.2) is 0 Å². The molecule has 0 radical (unpaired) electrons. The molecule has 2 fully saturated rings. The lowest BCUT2D eigenvalue weighted by Gasteiger charge is -2.35. The molecular weight excluding hydrogens is 336 g/mol. The number of hydrogen-bond acceptors (Lipinski definition) is 3. The molecule has 1 amide bonds. The predicted octanol–water partition coefficient (Wildman–Crippen LogP) is 3.18. The number of benzene rings is 1. The first kappa shape index (κ1) is 18.2. The van der Waals surface area contributed by atoms with Crippen molar-refractivity contribution in [2.75, 3.05) is 19.6 Å². The highest BCUT2D eigenvalue weighted by Crippen LogP contribution is 2.26. The smallest absolute Gasteiger partial charge is 0.239 e. The van der Waals surface area contributed by atoms with Gasteiger partial charge in [0.25, 0.3) is 0 Å². The van der Waals surface area contributed by atoms with Crippen molar-refractivity contribution < 1.29 is 4.79 Å². The zero-order chi connectivity index (χ0) is 18.5. The quantitative estimate of drug-likeness (QED) is 0.788. The van der Waals surface area contributed by atoms with Gasteiger partial charge in [-0.1, -0.05) is 30.3 Å². The van der Waals surface area contributed by atoms with Gasteiger partial charge in [-0.15, -0.1) is 0 Å². The first-order valence-electron chi connectivity index (χ1n) is 10.3. The first-order chi connectivity index (χ1) is 13.3. The summed E-state index contributed by atoms with van der Waals surface area (Å²) in [6, 6.07) is 12.6. The predicted molar refractivity (Wildman–Crippen MR) is 106 cm³/mol. The number of aryl methyl sites for hydroxylation is 1. The molecule has 0 spiro atoms. The van der Waals surface area contributed by atoms with Crippen LogP contribution in [0.4, 0.5) is 0 Å². The minimum Gasteiger partial charge on any atom is -0.341 e. The van der Waals surface area contributed by atoms with Crippen LogP contribution >= 0.6 is 0 Å². The summed E-state index contributed by atoms with van der Waals surface area (Å²) in [7, 11) is 0. The normalized spacial score (nSPS) is 21.6. The van der Waals surface area contributed by atoms with Crippen LogP contribution in [0.15, 0.2) is 48.8 Å². The molecule has 0 bridgehead atoms. The molecule has 27 heavy (non-hydrogen) atoms. The number of likely N-dealkylation sites (tertiary alicyclic amines) is 2. The molecule has 0 aliphatic carbocycles. The summed E-state index contributed by atoms with van der Waals surface area (Å²) in [5.41, 5.74) is 1.30. The molecule has 144 valence electrons. The Labute approximate surface area is 162 Å². The minimum atomic E-state index is 0.0748. The zero-order valence-corrected chi connectivity index (χ0v) is 16.0. The van der Waals surface area contributed by atoms with Crippen LogP contribution in [0.25, 0.3) is 0 Å². The topological polar surface area (TPSA) is 41.4 Å². The fourth-order valence-electron chi connectivity index (χ4n) is 4.51. The van der Waals surface area contributed by atoms with E-state index in [1.54, 1.807) is 0 Å². The van der Waals surface area contributed by atoms with E-state index in [4.69, 9.17) is 0 Å². The molecular formula is C22H30N4O. The van der Waals surface area contributed by atoms with E-state index >= 15 is 0 Å². The van der Waals surface area contributed by atoms with Gasteiger partial charge in [-0.25, -0.2) is 0 Å². The minimum absolute atomic E-state index is 0.0748. The van der Waals surface area contributed by atoms with Crippen LogP contribution in [-0.2, 0) is 17.9 Å². The number of nitrogens with zero attached hydrogens (tertiary/aromatic N) is 4.